The summed E-state index contributed by atoms with van der Waals surface area (Å²) in [5, 5.41) is 24.1. The maximum absolute atomic E-state index is 14.7. The largest absolute Gasteiger partial charge is 0.465 e. The number of benzene rings is 2. The molecule has 2 atom stereocenters. The summed E-state index contributed by atoms with van der Waals surface area (Å²) in [5.41, 5.74) is -4.62. The van der Waals surface area contributed by atoms with Crippen LogP contribution in [0.25, 0.3) is 0 Å². The number of esters is 1. The van der Waals surface area contributed by atoms with Crippen LogP contribution in [-0.2, 0) is 30.1 Å². The van der Waals surface area contributed by atoms with Crippen LogP contribution >= 0.6 is 12.2 Å². The highest BCUT2D eigenvalue weighted by Crippen LogP contribution is 2.67. The lowest BCUT2D eigenvalue weighted by Crippen LogP contribution is -2.65. The molecular weight excluding hydrogens is 478 g/mol. The third-order valence-corrected chi connectivity index (χ3v) is 7.75. The quantitative estimate of drug-likeness (QED) is 0.500. The van der Waals surface area contributed by atoms with Gasteiger partial charge in [0.25, 0.3) is 5.91 Å². The zero-order valence-corrected chi connectivity index (χ0v) is 20.4. The van der Waals surface area contributed by atoms with Crippen LogP contribution in [0.15, 0.2) is 48.5 Å². The molecule has 5 rings (SSSR count). The van der Waals surface area contributed by atoms with Crippen LogP contribution in [0.5, 0.6) is 0 Å². The fourth-order valence-corrected chi connectivity index (χ4v) is 6.42. The van der Waals surface area contributed by atoms with Gasteiger partial charge in [-0.3, -0.25) is 19.3 Å². The molecule has 36 heavy (non-hydrogen) atoms. The van der Waals surface area contributed by atoms with Gasteiger partial charge in [0.1, 0.15) is 11.5 Å². The average molecular weight is 500 g/mol. The topological polar surface area (TPSA) is 127 Å². The minimum Gasteiger partial charge on any atom is -0.465 e. The van der Waals surface area contributed by atoms with Crippen LogP contribution in [0.2, 0.25) is 0 Å². The molecule has 0 bridgehead atoms. The van der Waals surface area contributed by atoms with Gasteiger partial charge in [0, 0.05) is 23.5 Å². The average Bonchev–Trinajstić information content (AvgIpc) is 3.38. The summed E-state index contributed by atoms with van der Waals surface area (Å²) in [6.45, 7) is 3.40. The van der Waals surface area contributed by atoms with Crippen LogP contribution in [0, 0.1) is 28.1 Å². The predicted molar refractivity (Wildman–Crippen MR) is 133 cm³/mol. The summed E-state index contributed by atoms with van der Waals surface area (Å²) < 4.78 is 5.09. The molecule has 2 spiro atoms. The van der Waals surface area contributed by atoms with Gasteiger partial charge in [-0.1, -0.05) is 48.6 Å². The second kappa shape index (κ2) is 7.87. The van der Waals surface area contributed by atoms with E-state index in [1.807, 2.05) is 12.1 Å². The van der Waals surface area contributed by atoms with E-state index in [1.54, 1.807) is 62.4 Å². The van der Waals surface area contributed by atoms with E-state index in [0.29, 0.717) is 16.9 Å². The highest BCUT2D eigenvalue weighted by atomic mass is 32.1. The molecule has 0 aromatic heterocycles. The maximum Gasteiger partial charge on any atom is 0.326 e. The Labute approximate surface area is 212 Å². The number of carbonyl (C=O) groups excluding carboxylic acids is 3. The Morgan fingerprint density at radius 1 is 0.972 bits per heavy atom. The fourth-order valence-electron chi connectivity index (χ4n) is 6.02. The van der Waals surface area contributed by atoms with Crippen molar-refractivity contribution in [2.45, 2.75) is 24.8 Å². The molecule has 2 aromatic rings. The van der Waals surface area contributed by atoms with Crippen molar-refractivity contribution in [3.63, 3.8) is 0 Å². The van der Waals surface area contributed by atoms with E-state index in [-0.39, 0.29) is 23.7 Å². The fraction of sp³-hybridized carbons (Fsp3) is 0.308. The van der Waals surface area contributed by atoms with Crippen molar-refractivity contribution in [1.29, 1.82) is 10.5 Å². The molecule has 2 amide bonds. The molecule has 0 radical (unpaired) electrons. The molecule has 2 aromatic carbocycles. The first-order chi connectivity index (χ1) is 17.3. The normalized spacial score (nSPS) is 24.9. The minimum absolute atomic E-state index is 0.112. The van der Waals surface area contributed by atoms with Crippen molar-refractivity contribution in [1.82, 2.24) is 5.32 Å². The molecule has 1 N–H and O–H groups in total. The number of likely N-dealkylation sites (N-methyl/N-ethyl adjacent to an activating group) is 1. The Balaban J connectivity index is 1.92. The van der Waals surface area contributed by atoms with Crippen LogP contribution in [0.3, 0.4) is 0 Å². The number of rotatable bonds is 4. The molecule has 1 saturated heterocycles. The number of nitrogens with one attached hydrogen (secondary N) is 1. The lowest BCUT2D eigenvalue weighted by atomic mass is 9.54. The molecular formula is C26H21N5O4S. The van der Waals surface area contributed by atoms with Crippen molar-refractivity contribution < 1.29 is 19.1 Å². The molecule has 9 nitrogen and oxygen atoms in total. The monoisotopic (exact) mass is 499 g/mol. The summed E-state index contributed by atoms with van der Waals surface area (Å²) in [6, 6.07) is 17.6. The summed E-state index contributed by atoms with van der Waals surface area (Å²) in [7, 11) is 0. The summed E-state index contributed by atoms with van der Waals surface area (Å²) in [5.74, 6) is -1.90. The maximum atomic E-state index is 14.7. The number of amides is 2. The van der Waals surface area contributed by atoms with Gasteiger partial charge in [-0.2, -0.15) is 10.5 Å². The van der Waals surface area contributed by atoms with Crippen LogP contribution < -0.4 is 15.1 Å². The molecule has 1 fully saturated rings. The van der Waals surface area contributed by atoms with Gasteiger partial charge in [-0.25, -0.2) is 0 Å². The molecule has 3 heterocycles. The Hall–Kier alpha value is -4.28. The third-order valence-electron chi connectivity index (χ3n) is 7.34. The Bertz CT molecular complexity index is 1430. The number of hydrogen-bond acceptors (Lipinski definition) is 7. The standard InChI is InChI=1S/C26H21N5O4S/c1-3-30-19-12-8-6-10-17(19)26(23(30)34)25(24(14-27,15-28)21(36)29-26)16-9-5-7-11-18(16)31(22(25)33)13-20(32)35-4-2/h5-12H,3-4,13H2,1-2H3,(H,29,36)/t25-,26+/m0/s1. The second-order valence-corrected chi connectivity index (χ2v) is 9.12. The van der Waals surface area contributed by atoms with Crippen molar-refractivity contribution >= 4 is 46.4 Å². The SMILES string of the molecule is CCOC(=O)CN1C(=O)[C@@]2(c3ccccc31)C(C#N)(C#N)C(=S)N[C@]21C(=O)N(CC)c2ccccc21. The van der Waals surface area contributed by atoms with Gasteiger partial charge >= 0.3 is 5.97 Å². The number of hydrogen-bond donors (Lipinski definition) is 1. The first-order valence-corrected chi connectivity index (χ1v) is 11.9. The van der Waals surface area contributed by atoms with Crippen molar-refractivity contribution in [3.05, 3.63) is 59.7 Å². The van der Waals surface area contributed by atoms with E-state index in [9.17, 15) is 24.9 Å². The molecule has 10 heteroatoms. The lowest BCUT2D eigenvalue weighted by Gasteiger charge is -2.41. The van der Waals surface area contributed by atoms with Crippen LogP contribution in [-0.4, -0.2) is 42.5 Å². The lowest BCUT2D eigenvalue weighted by molar-refractivity contribution is -0.143. The van der Waals surface area contributed by atoms with Gasteiger partial charge in [0.05, 0.1) is 18.7 Å². The zero-order valence-electron chi connectivity index (χ0n) is 19.6. The van der Waals surface area contributed by atoms with E-state index in [4.69, 9.17) is 17.0 Å². The molecule has 0 unspecified atom stereocenters. The van der Waals surface area contributed by atoms with Gasteiger partial charge in [-0.05, 0) is 31.5 Å². The number of carbonyl (C=O) groups is 3. The van der Waals surface area contributed by atoms with Crippen LogP contribution in [0.4, 0.5) is 11.4 Å². The Morgan fingerprint density at radius 2 is 1.56 bits per heavy atom. The van der Waals surface area contributed by atoms with E-state index in [2.05, 4.69) is 5.32 Å². The minimum atomic E-state index is -2.23. The smallest absolute Gasteiger partial charge is 0.326 e. The van der Waals surface area contributed by atoms with E-state index < -0.39 is 40.7 Å². The first-order valence-electron chi connectivity index (χ1n) is 11.5. The molecule has 3 aliphatic rings. The highest BCUT2D eigenvalue weighted by molar-refractivity contribution is 7.80. The number of nitriles is 2. The van der Waals surface area contributed by atoms with Gasteiger partial charge in [-0.15, -0.1) is 0 Å². The number of fused-ring (bicyclic) bond motifs is 5. The van der Waals surface area contributed by atoms with E-state index in [1.165, 1.54) is 9.80 Å². The van der Waals surface area contributed by atoms with Gasteiger partial charge in [0.15, 0.2) is 11.0 Å². The van der Waals surface area contributed by atoms with Crippen LogP contribution in [0.1, 0.15) is 25.0 Å². The third kappa shape index (κ3) is 2.37. The summed E-state index contributed by atoms with van der Waals surface area (Å²) in [4.78, 5) is 44.0. The highest BCUT2D eigenvalue weighted by Gasteiger charge is 2.84. The summed E-state index contributed by atoms with van der Waals surface area (Å²) >= 11 is 5.59. The van der Waals surface area contributed by atoms with Gasteiger partial charge < -0.3 is 15.0 Å². The van der Waals surface area contributed by atoms with Crippen molar-refractivity contribution in [2.75, 3.05) is 29.5 Å². The molecule has 0 saturated carbocycles. The molecule has 0 aliphatic carbocycles. The van der Waals surface area contributed by atoms with E-state index in [0.717, 1.165) is 0 Å². The number of nitrogens with zero attached hydrogens (tertiary/aromatic N) is 4. The number of ether oxygens (including phenoxy) is 1. The molecule has 180 valence electrons. The zero-order chi connectivity index (χ0) is 25.9. The Morgan fingerprint density at radius 3 is 2.14 bits per heavy atom. The number of para-hydroxylation sites is 2. The number of anilines is 2. The molecule has 3 aliphatic heterocycles. The van der Waals surface area contributed by atoms with Crippen molar-refractivity contribution in [2.24, 2.45) is 5.41 Å². The van der Waals surface area contributed by atoms with Gasteiger partial charge in [0.2, 0.25) is 11.3 Å². The van der Waals surface area contributed by atoms with E-state index >= 15 is 0 Å². The first kappa shape index (κ1) is 23.5. The predicted octanol–water partition coefficient (Wildman–Crippen LogP) is 2.06. The summed E-state index contributed by atoms with van der Waals surface area (Å²) in [6.07, 6.45) is 0. The van der Waals surface area contributed by atoms with Crippen molar-refractivity contribution in [3.8, 4) is 12.1 Å². The second-order valence-electron chi connectivity index (χ2n) is 8.71. The Kier molecular flexibility index (Phi) is 5.13. The number of thiocarbonyl (C=S) groups is 1.